The van der Waals surface area contributed by atoms with Crippen molar-refractivity contribution in [1.29, 1.82) is 0 Å². The summed E-state index contributed by atoms with van der Waals surface area (Å²) >= 11 is 5.88. The van der Waals surface area contributed by atoms with E-state index >= 15 is 0 Å². The first-order valence-electron chi connectivity index (χ1n) is 10.1. The van der Waals surface area contributed by atoms with Crippen molar-refractivity contribution in [3.05, 3.63) is 77.1 Å². The Morgan fingerprint density at radius 2 is 1.87 bits per heavy atom. The minimum Gasteiger partial charge on any atom is -0.493 e. The van der Waals surface area contributed by atoms with E-state index in [2.05, 4.69) is 16.3 Å². The molecule has 0 saturated carbocycles. The average molecular weight is 426 g/mol. The number of rotatable bonds is 8. The predicted octanol–water partition coefficient (Wildman–Crippen LogP) is 4.08. The Kier molecular flexibility index (Phi) is 6.54. The number of likely N-dealkylation sites (tertiary alicyclic amines) is 1. The van der Waals surface area contributed by atoms with E-state index in [0.29, 0.717) is 23.9 Å². The summed E-state index contributed by atoms with van der Waals surface area (Å²) in [6, 6.07) is 18.8. The molecule has 3 aromatic rings. The lowest BCUT2D eigenvalue weighted by molar-refractivity contribution is -0.132. The molecule has 0 spiro atoms. The van der Waals surface area contributed by atoms with E-state index < -0.39 is 0 Å². The van der Waals surface area contributed by atoms with Crippen LogP contribution in [0.5, 0.6) is 11.5 Å². The van der Waals surface area contributed by atoms with Crippen molar-refractivity contribution in [2.75, 3.05) is 26.3 Å². The predicted molar refractivity (Wildman–Crippen MR) is 115 cm³/mol. The number of aromatic amines is 1. The highest BCUT2D eigenvalue weighted by atomic mass is 35.5. The van der Waals surface area contributed by atoms with Gasteiger partial charge in [-0.05, 0) is 48.9 Å². The van der Waals surface area contributed by atoms with Gasteiger partial charge in [0.05, 0.1) is 12.3 Å². The Labute approximate surface area is 180 Å². The van der Waals surface area contributed by atoms with E-state index in [1.54, 1.807) is 0 Å². The molecule has 1 aliphatic heterocycles. The first-order chi connectivity index (χ1) is 14.7. The zero-order valence-corrected chi connectivity index (χ0v) is 17.3. The van der Waals surface area contributed by atoms with Gasteiger partial charge < -0.3 is 14.4 Å². The summed E-state index contributed by atoms with van der Waals surface area (Å²) in [6.07, 6.45) is 1.64. The fourth-order valence-electron chi connectivity index (χ4n) is 3.51. The highest BCUT2D eigenvalue weighted by Gasteiger charge is 2.29. The summed E-state index contributed by atoms with van der Waals surface area (Å²) in [5.41, 5.74) is 2.02. The van der Waals surface area contributed by atoms with Gasteiger partial charge in [-0.25, -0.2) is 0 Å². The maximum atomic E-state index is 12.4. The molecule has 6 nitrogen and oxygen atoms in total. The minimum absolute atomic E-state index is 0.00785. The third kappa shape index (κ3) is 5.33. The highest BCUT2D eigenvalue weighted by molar-refractivity contribution is 6.30. The van der Waals surface area contributed by atoms with Gasteiger partial charge >= 0.3 is 0 Å². The minimum atomic E-state index is 0.00785. The van der Waals surface area contributed by atoms with Crippen LogP contribution in [0.4, 0.5) is 0 Å². The number of para-hydroxylation sites is 1. The molecule has 1 aromatic heterocycles. The third-order valence-electron chi connectivity index (χ3n) is 5.17. The number of aromatic nitrogens is 2. The zero-order chi connectivity index (χ0) is 20.8. The van der Waals surface area contributed by atoms with Gasteiger partial charge in [0.15, 0.2) is 6.61 Å². The van der Waals surface area contributed by atoms with Crippen LogP contribution in [0.15, 0.2) is 60.7 Å². The van der Waals surface area contributed by atoms with Crippen LogP contribution < -0.4 is 9.47 Å². The van der Waals surface area contributed by atoms with Gasteiger partial charge in [0, 0.05) is 36.1 Å². The molecule has 30 heavy (non-hydrogen) atoms. The molecule has 1 saturated heterocycles. The number of H-pyrrole nitrogens is 1. The van der Waals surface area contributed by atoms with Crippen molar-refractivity contribution in [3.8, 4) is 11.5 Å². The number of carbonyl (C=O) groups is 1. The van der Waals surface area contributed by atoms with E-state index in [4.69, 9.17) is 21.1 Å². The smallest absolute Gasteiger partial charge is 0.260 e. The van der Waals surface area contributed by atoms with Crippen LogP contribution in [0.2, 0.25) is 5.02 Å². The third-order valence-corrected chi connectivity index (χ3v) is 5.42. The van der Waals surface area contributed by atoms with Gasteiger partial charge in [-0.3, -0.25) is 9.89 Å². The maximum Gasteiger partial charge on any atom is 0.260 e. The normalized spacial score (nSPS) is 15.9. The molecule has 1 aliphatic rings. The summed E-state index contributed by atoms with van der Waals surface area (Å²) in [5, 5.41) is 8.24. The molecule has 4 rings (SSSR count). The lowest BCUT2D eigenvalue weighted by atomic mass is 10.0. The van der Waals surface area contributed by atoms with Gasteiger partial charge in [-0.1, -0.05) is 29.8 Å². The highest BCUT2D eigenvalue weighted by Crippen LogP contribution is 2.26. The number of carbonyl (C=O) groups excluding carboxylic acids is 1. The van der Waals surface area contributed by atoms with E-state index in [1.807, 2.05) is 59.5 Å². The van der Waals surface area contributed by atoms with Crippen LogP contribution in [-0.4, -0.2) is 47.3 Å². The van der Waals surface area contributed by atoms with Gasteiger partial charge in [0.2, 0.25) is 0 Å². The van der Waals surface area contributed by atoms with Crippen molar-refractivity contribution >= 4 is 17.5 Å². The molecule has 0 radical (unpaired) electrons. The first kappa shape index (κ1) is 20.3. The molecule has 1 amide bonds. The fourth-order valence-corrected chi connectivity index (χ4v) is 3.63. The van der Waals surface area contributed by atoms with Crippen LogP contribution >= 0.6 is 11.6 Å². The topological polar surface area (TPSA) is 67.4 Å². The molecule has 0 bridgehead atoms. The number of benzene rings is 2. The molecule has 156 valence electrons. The Morgan fingerprint density at radius 1 is 1.10 bits per heavy atom. The number of nitrogens with zero attached hydrogens (tertiary/aromatic N) is 2. The van der Waals surface area contributed by atoms with Crippen LogP contribution in [0, 0.1) is 0 Å². The van der Waals surface area contributed by atoms with Crippen LogP contribution in [0.1, 0.15) is 23.7 Å². The van der Waals surface area contributed by atoms with Gasteiger partial charge in [0.25, 0.3) is 5.91 Å². The molecule has 1 fully saturated rings. The fraction of sp³-hybridized carbons (Fsp3) is 0.304. The monoisotopic (exact) mass is 425 g/mol. The van der Waals surface area contributed by atoms with Crippen LogP contribution in [0.3, 0.4) is 0 Å². The summed E-state index contributed by atoms with van der Waals surface area (Å²) in [6.45, 7) is 2.01. The SMILES string of the molecule is O=C(COc1ccccc1)N1CC[C@H](c2cc(CCOc3ccc(Cl)cc3)[nH]n2)C1. The standard InChI is InChI=1S/C23H24ClN3O3/c24-18-6-8-21(9-7-18)29-13-11-19-14-22(26-25-19)17-10-12-27(15-17)23(28)16-30-20-4-2-1-3-5-20/h1-9,14,17H,10-13,15-16H2,(H,25,26)/t17-/m0/s1. The van der Waals surface area contributed by atoms with Crippen molar-refractivity contribution in [2.45, 2.75) is 18.8 Å². The molecule has 7 heteroatoms. The van der Waals surface area contributed by atoms with E-state index in [1.165, 1.54) is 0 Å². The number of hydrogen-bond acceptors (Lipinski definition) is 4. The largest absolute Gasteiger partial charge is 0.493 e. The Bertz CT molecular complexity index is 959. The Hall–Kier alpha value is -2.99. The summed E-state index contributed by atoms with van der Waals surface area (Å²) in [5.74, 6) is 1.75. The number of hydrogen-bond donors (Lipinski definition) is 1. The van der Waals surface area contributed by atoms with Crippen LogP contribution in [0.25, 0.3) is 0 Å². The van der Waals surface area contributed by atoms with E-state index in [0.717, 1.165) is 36.5 Å². The van der Waals surface area contributed by atoms with E-state index in [-0.39, 0.29) is 18.4 Å². The molecular formula is C23H24ClN3O3. The summed E-state index contributed by atoms with van der Waals surface area (Å²) in [7, 11) is 0. The first-order valence-corrected chi connectivity index (χ1v) is 10.4. The van der Waals surface area contributed by atoms with Crippen molar-refractivity contribution in [2.24, 2.45) is 0 Å². The maximum absolute atomic E-state index is 12.4. The Morgan fingerprint density at radius 3 is 2.67 bits per heavy atom. The van der Waals surface area contributed by atoms with Crippen LogP contribution in [-0.2, 0) is 11.2 Å². The van der Waals surface area contributed by atoms with Crippen molar-refractivity contribution in [3.63, 3.8) is 0 Å². The second kappa shape index (κ2) is 9.67. The summed E-state index contributed by atoms with van der Waals surface area (Å²) < 4.78 is 11.3. The second-order valence-electron chi connectivity index (χ2n) is 7.30. The lowest BCUT2D eigenvalue weighted by Crippen LogP contribution is -2.32. The average Bonchev–Trinajstić information content (AvgIpc) is 3.44. The zero-order valence-electron chi connectivity index (χ0n) is 16.6. The Balaban J connectivity index is 1.23. The molecule has 0 aliphatic carbocycles. The molecular weight excluding hydrogens is 402 g/mol. The number of amides is 1. The number of halogens is 1. The number of nitrogens with one attached hydrogen (secondary N) is 1. The molecule has 0 unspecified atom stereocenters. The molecule has 2 aromatic carbocycles. The number of ether oxygens (including phenoxy) is 2. The van der Waals surface area contributed by atoms with Gasteiger partial charge in [-0.2, -0.15) is 5.10 Å². The van der Waals surface area contributed by atoms with Gasteiger partial charge in [0.1, 0.15) is 11.5 Å². The second-order valence-corrected chi connectivity index (χ2v) is 7.73. The quantitative estimate of drug-likeness (QED) is 0.590. The van der Waals surface area contributed by atoms with E-state index in [9.17, 15) is 4.79 Å². The lowest BCUT2D eigenvalue weighted by Gasteiger charge is -2.16. The molecule has 1 atom stereocenters. The summed E-state index contributed by atoms with van der Waals surface area (Å²) in [4.78, 5) is 14.3. The van der Waals surface area contributed by atoms with Gasteiger partial charge in [-0.15, -0.1) is 0 Å². The molecule has 2 heterocycles. The van der Waals surface area contributed by atoms with Crippen molar-refractivity contribution in [1.82, 2.24) is 15.1 Å². The molecule has 1 N–H and O–H groups in total. The van der Waals surface area contributed by atoms with Crippen molar-refractivity contribution < 1.29 is 14.3 Å².